The van der Waals surface area contributed by atoms with Gasteiger partial charge in [0.05, 0.1) is 11.9 Å². The Balaban J connectivity index is 1.88. The largest absolute Gasteiger partial charge is 0.357 e. The van der Waals surface area contributed by atoms with Crippen molar-refractivity contribution in [1.29, 1.82) is 0 Å². The number of hydrogen-bond donors (Lipinski definition) is 1. The molecule has 1 atom stereocenters. The summed E-state index contributed by atoms with van der Waals surface area (Å²) in [6, 6.07) is 20.8. The maximum atomic E-state index is 13.7. The molecule has 3 aromatic carbocycles. The number of sulfonamides is 1. The lowest BCUT2D eigenvalue weighted by Crippen LogP contribution is -2.50. The highest BCUT2D eigenvalue weighted by atomic mass is 35.5. The van der Waals surface area contributed by atoms with Crippen LogP contribution in [0.4, 0.5) is 5.69 Å². The monoisotopic (exact) mass is 589 g/mol. The molecule has 0 spiro atoms. The van der Waals surface area contributed by atoms with Crippen LogP contribution in [0.1, 0.15) is 29.5 Å². The molecule has 0 aliphatic heterocycles. The van der Waals surface area contributed by atoms with Crippen LogP contribution >= 0.6 is 23.2 Å². The fourth-order valence-electron chi connectivity index (χ4n) is 4.29. The van der Waals surface area contributed by atoms with Gasteiger partial charge in [0.2, 0.25) is 21.8 Å². The van der Waals surface area contributed by atoms with E-state index in [-0.39, 0.29) is 44.2 Å². The van der Waals surface area contributed by atoms with E-state index in [2.05, 4.69) is 5.32 Å². The zero-order chi connectivity index (χ0) is 28.6. The molecule has 2 amide bonds. The number of anilines is 1. The van der Waals surface area contributed by atoms with Crippen molar-refractivity contribution in [1.82, 2.24) is 10.2 Å². The second-order valence-corrected chi connectivity index (χ2v) is 12.0. The third-order valence-electron chi connectivity index (χ3n) is 6.38. The predicted molar refractivity (Wildman–Crippen MR) is 158 cm³/mol. The summed E-state index contributed by atoms with van der Waals surface area (Å²) in [5, 5.41) is 3.44. The van der Waals surface area contributed by atoms with Crippen molar-refractivity contribution in [3.63, 3.8) is 0 Å². The van der Waals surface area contributed by atoms with Crippen molar-refractivity contribution in [2.75, 3.05) is 24.2 Å². The van der Waals surface area contributed by atoms with Crippen LogP contribution in [0.25, 0.3) is 0 Å². The molecule has 1 N–H and O–H groups in total. The minimum atomic E-state index is -3.57. The Kier molecular flexibility index (Phi) is 10.8. The number of amides is 2. The van der Waals surface area contributed by atoms with Crippen LogP contribution in [0.5, 0.6) is 0 Å². The lowest BCUT2D eigenvalue weighted by molar-refractivity contribution is -0.141. The fraction of sp³-hybridized carbons (Fsp3) is 0.310. The normalized spacial score (nSPS) is 12.0. The number of hydrogen-bond acceptors (Lipinski definition) is 4. The number of aryl methyl sites for hydroxylation is 1. The molecule has 0 saturated heterocycles. The van der Waals surface area contributed by atoms with E-state index in [1.54, 1.807) is 30.3 Å². The molecular weight excluding hydrogens is 557 g/mol. The van der Waals surface area contributed by atoms with Crippen LogP contribution in [-0.4, -0.2) is 51.0 Å². The first-order chi connectivity index (χ1) is 18.5. The van der Waals surface area contributed by atoms with Crippen molar-refractivity contribution in [3.05, 3.63) is 99.5 Å². The Bertz CT molecular complexity index is 1360. The Morgan fingerprint density at radius 1 is 0.923 bits per heavy atom. The molecule has 0 aliphatic rings. The van der Waals surface area contributed by atoms with Gasteiger partial charge in [-0.15, -0.1) is 0 Å². The summed E-state index contributed by atoms with van der Waals surface area (Å²) < 4.78 is 26.3. The summed E-state index contributed by atoms with van der Waals surface area (Å²) in [5.74, 6) is -0.638. The summed E-state index contributed by atoms with van der Waals surface area (Å²) >= 11 is 12.9. The molecule has 39 heavy (non-hydrogen) atoms. The van der Waals surface area contributed by atoms with Gasteiger partial charge >= 0.3 is 0 Å². The van der Waals surface area contributed by atoms with Gasteiger partial charge in [0, 0.05) is 48.6 Å². The van der Waals surface area contributed by atoms with Gasteiger partial charge in [-0.2, -0.15) is 0 Å². The van der Waals surface area contributed by atoms with Crippen LogP contribution in [0, 0.1) is 6.92 Å². The van der Waals surface area contributed by atoms with E-state index in [9.17, 15) is 18.0 Å². The first-order valence-electron chi connectivity index (χ1n) is 12.5. The van der Waals surface area contributed by atoms with Crippen LogP contribution < -0.4 is 9.62 Å². The smallest absolute Gasteiger partial charge is 0.242 e. The topological polar surface area (TPSA) is 86.8 Å². The van der Waals surface area contributed by atoms with E-state index in [1.165, 1.54) is 16.3 Å². The zero-order valence-corrected chi connectivity index (χ0v) is 24.6. The molecule has 0 bridgehead atoms. The zero-order valence-electron chi connectivity index (χ0n) is 22.2. The number of carbonyl (C=O) groups excluding carboxylic acids is 2. The molecule has 0 heterocycles. The minimum absolute atomic E-state index is 0.0161. The number of nitrogens with zero attached hydrogens (tertiary/aromatic N) is 2. The van der Waals surface area contributed by atoms with Gasteiger partial charge in [0.1, 0.15) is 6.04 Å². The molecule has 0 radical (unpaired) electrons. The summed E-state index contributed by atoms with van der Waals surface area (Å²) in [7, 11) is -2.05. The summed E-state index contributed by atoms with van der Waals surface area (Å²) in [5.41, 5.74) is 2.96. The standard InChI is InChI=1S/C29H33Cl2N3O4S/c1-21-14-16-23(17-15-21)34(39(3,37)38)18-8-13-28(35)33(20-24-25(30)11-7-12-26(24)31)27(29(36)32-2)19-22-9-5-4-6-10-22/h4-7,9-12,14-17,27H,8,13,18-20H2,1-3H3,(H,32,36)/t27-/m0/s1. The number of likely N-dealkylation sites (N-methyl/N-ethyl adjacent to an activating group) is 1. The molecular formula is C29H33Cl2N3O4S. The second-order valence-electron chi connectivity index (χ2n) is 9.32. The predicted octanol–water partition coefficient (Wildman–Crippen LogP) is 5.23. The first kappa shape index (κ1) is 30.5. The Hall–Kier alpha value is -3.07. The molecule has 7 nitrogen and oxygen atoms in total. The highest BCUT2D eigenvalue weighted by Gasteiger charge is 2.31. The molecule has 3 rings (SSSR count). The lowest BCUT2D eigenvalue weighted by Gasteiger charge is -2.32. The van der Waals surface area contributed by atoms with E-state index in [1.807, 2.05) is 49.4 Å². The SMILES string of the molecule is CNC(=O)[C@H](Cc1ccccc1)N(Cc1c(Cl)cccc1Cl)C(=O)CCCN(c1ccc(C)cc1)S(C)(=O)=O. The number of nitrogens with one attached hydrogen (secondary N) is 1. The highest BCUT2D eigenvalue weighted by molar-refractivity contribution is 7.92. The maximum Gasteiger partial charge on any atom is 0.242 e. The maximum absolute atomic E-state index is 13.7. The van der Waals surface area contributed by atoms with Crippen LogP contribution in [0.2, 0.25) is 10.0 Å². The van der Waals surface area contributed by atoms with Gasteiger partial charge in [-0.25, -0.2) is 8.42 Å². The van der Waals surface area contributed by atoms with Crippen molar-refractivity contribution in [3.8, 4) is 0 Å². The Morgan fingerprint density at radius 3 is 2.10 bits per heavy atom. The van der Waals surface area contributed by atoms with Gasteiger partial charge in [-0.3, -0.25) is 13.9 Å². The number of benzene rings is 3. The van der Waals surface area contributed by atoms with E-state index >= 15 is 0 Å². The van der Waals surface area contributed by atoms with E-state index in [0.29, 0.717) is 21.3 Å². The Morgan fingerprint density at radius 2 is 1.54 bits per heavy atom. The van der Waals surface area contributed by atoms with Crippen LogP contribution in [-0.2, 0) is 32.6 Å². The third-order valence-corrected chi connectivity index (χ3v) is 8.28. The van der Waals surface area contributed by atoms with Crippen molar-refractivity contribution < 1.29 is 18.0 Å². The van der Waals surface area contributed by atoms with Crippen molar-refractivity contribution >= 4 is 50.7 Å². The molecule has 0 fully saturated rings. The van der Waals surface area contributed by atoms with Gasteiger partial charge in [0.25, 0.3) is 0 Å². The number of rotatable bonds is 12. The van der Waals surface area contributed by atoms with Crippen LogP contribution in [0.15, 0.2) is 72.8 Å². The van der Waals surface area contributed by atoms with E-state index < -0.39 is 16.1 Å². The van der Waals surface area contributed by atoms with Gasteiger partial charge < -0.3 is 10.2 Å². The van der Waals surface area contributed by atoms with Crippen LogP contribution in [0.3, 0.4) is 0 Å². The molecule has 0 saturated carbocycles. The molecule has 208 valence electrons. The summed E-state index contributed by atoms with van der Waals surface area (Å²) in [4.78, 5) is 28.3. The Labute approximate surface area is 240 Å². The molecule has 0 aliphatic carbocycles. The molecule has 0 unspecified atom stereocenters. The summed E-state index contributed by atoms with van der Waals surface area (Å²) in [6.07, 6.45) is 1.69. The third kappa shape index (κ3) is 8.46. The van der Waals surface area contributed by atoms with Crippen molar-refractivity contribution in [2.45, 2.75) is 38.8 Å². The lowest BCUT2D eigenvalue weighted by atomic mass is 10.0. The highest BCUT2D eigenvalue weighted by Crippen LogP contribution is 2.28. The molecule has 3 aromatic rings. The first-order valence-corrected chi connectivity index (χ1v) is 15.1. The average Bonchev–Trinajstić information content (AvgIpc) is 2.90. The molecule has 10 heteroatoms. The molecule has 0 aromatic heterocycles. The fourth-order valence-corrected chi connectivity index (χ4v) is 5.77. The minimum Gasteiger partial charge on any atom is -0.357 e. The average molecular weight is 591 g/mol. The van der Waals surface area contributed by atoms with E-state index in [4.69, 9.17) is 23.2 Å². The van der Waals surface area contributed by atoms with E-state index in [0.717, 1.165) is 17.4 Å². The van der Waals surface area contributed by atoms with Crippen molar-refractivity contribution in [2.24, 2.45) is 0 Å². The number of carbonyl (C=O) groups is 2. The quantitative estimate of drug-likeness (QED) is 0.313. The van der Waals surface area contributed by atoms with Gasteiger partial charge in [-0.05, 0) is 43.2 Å². The van der Waals surface area contributed by atoms with Gasteiger partial charge in [0.15, 0.2) is 0 Å². The summed E-state index contributed by atoms with van der Waals surface area (Å²) in [6.45, 7) is 2.05. The van der Waals surface area contributed by atoms with Gasteiger partial charge in [-0.1, -0.05) is 77.3 Å². The number of halogens is 2. The second kappa shape index (κ2) is 13.8.